The summed E-state index contributed by atoms with van der Waals surface area (Å²) in [4.78, 5) is 11.6. The predicted molar refractivity (Wildman–Crippen MR) is 83.5 cm³/mol. The van der Waals surface area contributed by atoms with E-state index in [-0.39, 0.29) is 17.5 Å². The number of carbonyl (C=O) groups excluding carboxylic acids is 1. The Hall–Kier alpha value is -1.33. The summed E-state index contributed by atoms with van der Waals surface area (Å²) in [5, 5.41) is 22.7. The fourth-order valence-corrected chi connectivity index (χ4v) is 3.74. The Bertz CT molecular complexity index is 624. The zero-order chi connectivity index (χ0) is 15.0. The predicted octanol–water partition coefficient (Wildman–Crippen LogP) is 2.81. The molecule has 0 aromatic heterocycles. The minimum absolute atomic E-state index is 0.1000. The van der Waals surface area contributed by atoms with Gasteiger partial charge in [0.15, 0.2) is 11.5 Å². The van der Waals surface area contributed by atoms with Crippen molar-refractivity contribution < 1.29 is 15.0 Å². The molecular formula is C16H18BrNO3. The number of aromatic hydroxyl groups is 2. The normalized spacial score (nSPS) is 22.3. The maximum Gasteiger partial charge on any atom is 0.158 e. The minimum Gasteiger partial charge on any atom is -0.504 e. The molecule has 0 saturated carbocycles. The molecule has 1 aromatic rings. The van der Waals surface area contributed by atoms with Crippen molar-refractivity contribution in [1.82, 2.24) is 5.32 Å². The topological polar surface area (TPSA) is 69.6 Å². The molecule has 1 aliphatic carbocycles. The van der Waals surface area contributed by atoms with Crippen molar-refractivity contribution >= 4 is 21.7 Å². The van der Waals surface area contributed by atoms with E-state index in [1.165, 1.54) is 17.2 Å². The summed E-state index contributed by atoms with van der Waals surface area (Å²) in [6.07, 6.45) is 3.78. The maximum absolute atomic E-state index is 11.6. The van der Waals surface area contributed by atoms with E-state index >= 15 is 0 Å². The van der Waals surface area contributed by atoms with Crippen LogP contribution in [0, 0.1) is 0 Å². The SMILES string of the molecule is O=C1CCC2=C(CCNC2Cc2cc(O)c(O)cc2Br)C1. The Morgan fingerprint density at radius 1 is 1.19 bits per heavy atom. The molecular weight excluding hydrogens is 334 g/mol. The average Bonchev–Trinajstić information content (AvgIpc) is 2.44. The number of hydrogen-bond donors (Lipinski definition) is 3. The molecule has 21 heavy (non-hydrogen) atoms. The minimum atomic E-state index is -0.120. The highest BCUT2D eigenvalue weighted by atomic mass is 79.9. The molecule has 5 heteroatoms. The van der Waals surface area contributed by atoms with Crippen LogP contribution in [0.3, 0.4) is 0 Å². The van der Waals surface area contributed by atoms with Gasteiger partial charge < -0.3 is 15.5 Å². The van der Waals surface area contributed by atoms with Crippen molar-refractivity contribution in [3.05, 3.63) is 33.3 Å². The number of nitrogens with one attached hydrogen (secondary N) is 1. The van der Waals surface area contributed by atoms with Crippen LogP contribution in [-0.4, -0.2) is 28.6 Å². The number of carbonyl (C=O) groups is 1. The molecule has 0 amide bonds. The van der Waals surface area contributed by atoms with Crippen LogP contribution >= 0.6 is 15.9 Å². The molecule has 0 radical (unpaired) electrons. The van der Waals surface area contributed by atoms with E-state index in [0.717, 1.165) is 35.8 Å². The van der Waals surface area contributed by atoms with Crippen LogP contribution in [0.4, 0.5) is 0 Å². The quantitative estimate of drug-likeness (QED) is 0.566. The second-order valence-corrected chi connectivity index (χ2v) is 6.59. The van der Waals surface area contributed by atoms with Gasteiger partial charge in [0.25, 0.3) is 0 Å². The molecule has 0 fully saturated rings. The highest BCUT2D eigenvalue weighted by molar-refractivity contribution is 9.10. The first-order valence-electron chi connectivity index (χ1n) is 7.21. The molecule has 1 atom stereocenters. The van der Waals surface area contributed by atoms with Gasteiger partial charge in [-0.25, -0.2) is 0 Å². The molecule has 1 unspecified atom stereocenters. The van der Waals surface area contributed by atoms with Gasteiger partial charge >= 0.3 is 0 Å². The number of benzene rings is 1. The third-order valence-corrected chi connectivity index (χ3v) is 5.08. The van der Waals surface area contributed by atoms with Gasteiger partial charge in [-0.2, -0.15) is 0 Å². The number of phenolic OH excluding ortho intramolecular Hbond substituents is 2. The first-order chi connectivity index (χ1) is 10.0. The lowest BCUT2D eigenvalue weighted by atomic mass is 9.81. The molecule has 3 rings (SSSR count). The second-order valence-electron chi connectivity index (χ2n) is 5.74. The lowest BCUT2D eigenvalue weighted by Crippen LogP contribution is -2.40. The Labute approximate surface area is 132 Å². The van der Waals surface area contributed by atoms with Crippen LogP contribution in [0.1, 0.15) is 31.2 Å². The Morgan fingerprint density at radius 3 is 2.76 bits per heavy atom. The van der Waals surface area contributed by atoms with Crippen LogP contribution in [0.15, 0.2) is 27.8 Å². The van der Waals surface area contributed by atoms with Crippen molar-refractivity contribution in [3.63, 3.8) is 0 Å². The third-order valence-electron chi connectivity index (χ3n) is 4.34. The fraction of sp³-hybridized carbons (Fsp3) is 0.438. The molecule has 1 heterocycles. The van der Waals surface area contributed by atoms with Crippen molar-refractivity contribution in [2.45, 2.75) is 38.1 Å². The monoisotopic (exact) mass is 351 g/mol. The fourth-order valence-electron chi connectivity index (χ4n) is 3.25. The summed E-state index contributed by atoms with van der Waals surface area (Å²) in [7, 11) is 0. The average molecular weight is 352 g/mol. The van der Waals surface area contributed by atoms with Gasteiger partial charge in [-0.3, -0.25) is 4.79 Å². The van der Waals surface area contributed by atoms with Gasteiger partial charge in [0.05, 0.1) is 0 Å². The standard InChI is InChI=1S/C16H18BrNO3/c17-13-8-16(21)15(20)7-10(13)6-14-12-2-1-11(19)5-9(12)3-4-18-14/h7-8,14,18,20-21H,1-6H2. The molecule has 1 aliphatic heterocycles. The van der Waals surface area contributed by atoms with Gasteiger partial charge in [0.1, 0.15) is 5.78 Å². The first-order valence-corrected chi connectivity index (χ1v) is 8.00. The molecule has 3 N–H and O–H groups in total. The van der Waals surface area contributed by atoms with Gasteiger partial charge in [0, 0.05) is 23.4 Å². The highest BCUT2D eigenvalue weighted by Crippen LogP contribution is 2.35. The summed E-state index contributed by atoms with van der Waals surface area (Å²) >= 11 is 3.44. The summed E-state index contributed by atoms with van der Waals surface area (Å²) in [6, 6.07) is 3.33. The molecule has 0 saturated heterocycles. The van der Waals surface area contributed by atoms with Crippen LogP contribution in [-0.2, 0) is 11.2 Å². The van der Waals surface area contributed by atoms with Crippen LogP contribution in [0.5, 0.6) is 11.5 Å². The van der Waals surface area contributed by atoms with Crippen molar-refractivity contribution in [2.24, 2.45) is 0 Å². The third kappa shape index (κ3) is 2.99. The largest absolute Gasteiger partial charge is 0.504 e. The van der Waals surface area contributed by atoms with Crippen LogP contribution < -0.4 is 5.32 Å². The van der Waals surface area contributed by atoms with Gasteiger partial charge in [-0.15, -0.1) is 0 Å². The van der Waals surface area contributed by atoms with Gasteiger partial charge in [-0.1, -0.05) is 27.1 Å². The molecule has 4 nitrogen and oxygen atoms in total. The lowest BCUT2D eigenvalue weighted by Gasteiger charge is -2.33. The Balaban J connectivity index is 1.86. The highest BCUT2D eigenvalue weighted by Gasteiger charge is 2.28. The van der Waals surface area contributed by atoms with E-state index in [4.69, 9.17) is 0 Å². The lowest BCUT2D eigenvalue weighted by molar-refractivity contribution is -0.118. The number of Topliss-reactive ketones (excluding diaryl/α,β-unsaturated/α-hetero) is 1. The second kappa shape index (κ2) is 5.81. The Kier molecular flexibility index (Phi) is 4.04. The first kappa shape index (κ1) is 14.6. The summed E-state index contributed by atoms with van der Waals surface area (Å²) in [6.45, 7) is 0.887. The van der Waals surface area contributed by atoms with Crippen LogP contribution in [0.2, 0.25) is 0 Å². The van der Waals surface area contributed by atoms with Crippen molar-refractivity contribution in [3.8, 4) is 11.5 Å². The van der Waals surface area contributed by atoms with E-state index < -0.39 is 0 Å². The van der Waals surface area contributed by atoms with E-state index in [0.29, 0.717) is 18.6 Å². The number of rotatable bonds is 2. The van der Waals surface area contributed by atoms with Gasteiger partial charge in [-0.05, 0) is 43.5 Å². The van der Waals surface area contributed by atoms with E-state index in [1.54, 1.807) is 6.07 Å². The zero-order valence-electron chi connectivity index (χ0n) is 11.7. The van der Waals surface area contributed by atoms with E-state index in [2.05, 4.69) is 21.2 Å². The molecule has 0 spiro atoms. The number of phenols is 2. The van der Waals surface area contributed by atoms with Crippen molar-refractivity contribution in [2.75, 3.05) is 6.54 Å². The van der Waals surface area contributed by atoms with Gasteiger partial charge in [0.2, 0.25) is 0 Å². The number of hydrogen-bond acceptors (Lipinski definition) is 4. The Morgan fingerprint density at radius 2 is 1.95 bits per heavy atom. The number of ketones is 1. The summed E-state index contributed by atoms with van der Waals surface area (Å²) in [5.74, 6) is 0.125. The maximum atomic E-state index is 11.6. The molecule has 2 aliphatic rings. The van der Waals surface area contributed by atoms with Crippen molar-refractivity contribution in [1.29, 1.82) is 0 Å². The molecule has 0 bridgehead atoms. The van der Waals surface area contributed by atoms with E-state index in [9.17, 15) is 15.0 Å². The summed E-state index contributed by atoms with van der Waals surface area (Å²) in [5.41, 5.74) is 3.61. The number of halogens is 1. The van der Waals surface area contributed by atoms with Crippen LogP contribution in [0.25, 0.3) is 0 Å². The smallest absolute Gasteiger partial charge is 0.158 e. The van der Waals surface area contributed by atoms with E-state index in [1.807, 2.05) is 0 Å². The molecule has 112 valence electrons. The molecule has 1 aromatic carbocycles. The zero-order valence-corrected chi connectivity index (χ0v) is 13.2. The summed E-state index contributed by atoms with van der Waals surface area (Å²) < 4.78 is 0.791.